The molecule has 0 fully saturated rings. The van der Waals surface area contributed by atoms with Crippen LogP contribution in [0.3, 0.4) is 0 Å². The number of rotatable bonds is 6. The van der Waals surface area contributed by atoms with Crippen LogP contribution in [0.4, 0.5) is 0 Å². The molecule has 1 heterocycles. The summed E-state index contributed by atoms with van der Waals surface area (Å²) in [6.07, 6.45) is 0.914. The van der Waals surface area contributed by atoms with Gasteiger partial charge in [0, 0.05) is 6.04 Å². The van der Waals surface area contributed by atoms with E-state index in [4.69, 9.17) is 0 Å². The van der Waals surface area contributed by atoms with Gasteiger partial charge in [-0.25, -0.2) is 0 Å². The van der Waals surface area contributed by atoms with Gasteiger partial charge in [-0.2, -0.15) is 4.68 Å². The quantitative estimate of drug-likeness (QED) is 0.826. The lowest BCUT2D eigenvalue weighted by atomic mass is 10.2. The molecule has 0 saturated carbocycles. The van der Waals surface area contributed by atoms with E-state index in [9.17, 15) is 4.79 Å². The van der Waals surface area contributed by atoms with Crippen molar-refractivity contribution < 1.29 is 4.79 Å². The van der Waals surface area contributed by atoms with Gasteiger partial charge in [0.25, 0.3) is 0 Å². The molecule has 1 aromatic carbocycles. The number of amides is 1. The SMILES string of the molecule is CCC(C)NC(=O)CSc1nnnn1-c1ccc(C)cc1. The number of nitrogens with one attached hydrogen (secondary N) is 1. The van der Waals surface area contributed by atoms with E-state index in [1.165, 1.54) is 17.3 Å². The zero-order valence-corrected chi connectivity index (χ0v) is 13.2. The normalized spacial score (nSPS) is 12.1. The molecule has 112 valence electrons. The number of tetrazole rings is 1. The van der Waals surface area contributed by atoms with E-state index in [1.807, 2.05) is 45.0 Å². The van der Waals surface area contributed by atoms with Crippen molar-refractivity contribution in [1.82, 2.24) is 25.5 Å². The van der Waals surface area contributed by atoms with Crippen LogP contribution in [0.1, 0.15) is 25.8 Å². The van der Waals surface area contributed by atoms with Crippen molar-refractivity contribution in [2.45, 2.75) is 38.4 Å². The summed E-state index contributed by atoms with van der Waals surface area (Å²) in [6, 6.07) is 8.10. The van der Waals surface area contributed by atoms with Crippen molar-refractivity contribution in [3.05, 3.63) is 29.8 Å². The summed E-state index contributed by atoms with van der Waals surface area (Å²) in [4.78, 5) is 11.8. The molecular formula is C14H19N5OS. The van der Waals surface area contributed by atoms with Crippen LogP contribution in [0.15, 0.2) is 29.4 Å². The average Bonchev–Trinajstić information content (AvgIpc) is 2.94. The minimum absolute atomic E-state index is 0.00666. The first kappa shape index (κ1) is 15.5. The van der Waals surface area contributed by atoms with Gasteiger partial charge in [0.05, 0.1) is 11.4 Å². The number of thioether (sulfide) groups is 1. The Labute approximate surface area is 128 Å². The number of carbonyl (C=O) groups excluding carboxylic acids is 1. The van der Waals surface area contributed by atoms with Crippen LogP contribution < -0.4 is 5.32 Å². The summed E-state index contributed by atoms with van der Waals surface area (Å²) in [5.74, 6) is 0.295. The van der Waals surface area contributed by atoms with Gasteiger partial charge in [-0.15, -0.1) is 5.10 Å². The summed E-state index contributed by atoms with van der Waals surface area (Å²) in [7, 11) is 0. The number of aromatic nitrogens is 4. The van der Waals surface area contributed by atoms with E-state index < -0.39 is 0 Å². The highest BCUT2D eigenvalue weighted by molar-refractivity contribution is 7.99. The number of aryl methyl sites for hydroxylation is 1. The van der Waals surface area contributed by atoms with Gasteiger partial charge in [0.15, 0.2) is 0 Å². The maximum Gasteiger partial charge on any atom is 0.230 e. The summed E-state index contributed by atoms with van der Waals surface area (Å²) in [5, 5.41) is 15.2. The third-order valence-electron chi connectivity index (χ3n) is 3.07. The third-order valence-corrected chi connectivity index (χ3v) is 3.99. The first-order chi connectivity index (χ1) is 10.1. The van der Waals surface area contributed by atoms with Crippen molar-refractivity contribution >= 4 is 17.7 Å². The second-order valence-corrected chi connectivity index (χ2v) is 5.82. The molecule has 2 aromatic rings. The molecule has 7 heteroatoms. The summed E-state index contributed by atoms with van der Waals surface area (Å²) in [5.41, 5.74) is 2.06. The Hall–Kier alpha value is -1.89. The molecule has 0 aliphatic rings. The molecule has 1 unspecified atom stereocenters. The highest BCUT2D eigenvalue weighted by atomic mass is 32.2. The largest absolute Gasteiger partial charge is 0.353 e. The molecule has 0 radical (unpaired) electrons. The Kier molecular flexibility index (Phi) is 5.32. The molecule has 21 heavy (non-hydrogen) atoms. The summed E-state index contributed by atoms with van der Waals surface area (Å²) in [6.45, 7) is 6.05. The number of hydrogen-bond acceptors (Lipinski definition) is 5. The number of benzene rings is 1. The van der Waals surface area contributed by atoms with E-state index in [0.29, 0.717) is 10.9 Å². The van der Waals surface area contributed by atoms with Crippen LogP contribution in [0, 0.1) is 6.92 Å². The van der Waals surface area contributed by atoms with Gasteiger partial charge in [0.2, 0.25) is 11.1 Å². The maximum atomic E-state index is 11.8. The lowest BCUT2D eigenvalue weighted by Gasteiger charge is -2.10. The molecule has 1 N–H and O–H groups in total. The van der Waals surface area contributed by atoms with E-state index in [-0.39, 0.29) is 11.9 Å². The molecule has 6 nitrogen and oxygen atoms in total. The van der Waals surface area contributed by atoms with Gasteiger partial charge in [-0.05, 0) is 42.8 Å². The molecule has 0 aliphatic carbocycles. The fourth-order valence-electron chi connectivity index (χ4n) is 1.67. The molecule has 0 spiro atoms. The minimum Gasteiger partial charge on any atom is -0.353 e. The monoisotopic (exact) mass is 305 g/mol. The molecule has 1 aromatic heterocycles. The predicted molar refractivity (Wildman–Crippen MR) is 82.5 cm³/mol. The number of carbonyl (C=O) groups is 1. The molecule has 2 rings (SSSR count). The van der Waals surface area contributed by atoms with Crippen molar-refractivity contribution in [3.63, 3.8) is 0 Å². The molecular weight excluding hydrogens is 286 g/mol. The van der Waals surface area contributed by atoms with Crippen LogP contribution in [0.5, 0.6) is 0 Å². The fraction of sp³-hybridized carbons (Fsp3) is 0.429. The first-order valence-corrected chi connectivity index (χ1v) is 7.86. The Morgan fingerprint density at radius 2 is 2.10 bits per heavy atom. The Morgan fingerprint density at radius 3 is 2.76 bits per heavy atom. The van der Waals surface area contributed by atoms with Crippen LogP contribution in [0.2, 0.25) is 0 Å². The molecule has 1 amide bonds. The first-order valence-electron chi connectivity index (χ1n) is 6.87. The summed E-state index contributed by atoms with van der Waals surface area (Å²) < 4.78 is 1.64. The van der Waals surface area contributed by atoms with E-state index in [0.717, 1.165) is 12.1 Å². The van der Waals surface area contributed by atoms with Gasteiger partial charge in [0.1, 0.15) is 0 Å². The second kappa shape index (κ2) is 7.21. The highest BCUT2D eigenvalue weighted by Crippen LogP contribution is 2.18. The van der Waals surface area contributed by atoms with Gasteiger partial charge >= 0.3 is 0 Å². The molecule has 1 atom stereocenters. The Balaban J connectivity index is 2.01. The van der Waals surface area contributed by atoms with Gasteiger partial charge in [-0.3, -0.25) is 4.79 Å². The van der Waals surface area contributed by atoms with E-state index >= 15 is 0 Å². The zero-order chi connectivity index (χ0) is 15.2. The highest BCUT2D eigenvalue weighted by Gasteiger charge is 2.12. The number of hydrogen-bond donors (Lipinski definition) is 1. The molecule has 0 aliphatic heterocycles. The maximum absolute atomic E-state index is 11.8. The standard InChI is InChI=1S/C14H19N5OS/c1-4-11(3)15-13(20)9-21-14-16-17-18-19(14)12-7-5-10(2)6-8-12/h5-8,11H,4,9H2,1-3H3,(H,15,20). The predicted octanol–water partition coefficient (Wildman–Crippen LogP) is 1.98. The topological polar surface area (TPSA) is 72.7 Å². The van der Waals surface area contributed by atoms with Gasteiger partial charge in [-0.1, -0.05) is 36.4 Å². The van der Waals surface area contributed by atoms with Crippen molar-refractivity contribution in [3.8, 4) is 5.69 Å². The van der Waals surface area contributed by atoms with E-state index in [2.05, 4.69) is 20.8 Å². The summed E-state index contributed by atoms with van der Waals surface area (Å²) >= 11 is 1.33. The zero-order valence-electron chi connectivity index (χ0n) is 12.4. The minimum atomic E-state index is -0.00666. The van der Waals surface area contributed by atoms with Crippen LogP contribution in [0.25, 0.3) is 5.69 Å². The van der Waals surface area contributed by atoms with Crippen molar-refractivity contribution in [2.75, 3.05) is 5.75 Å². The Bertz CT molecular complexity index is 596. The lowest BCUT2D eigenvalue weighted by molar-refractivity contribution is -0.119. The second-order valence-electron chi connectivity index (χ2n) is 4.87. The van der Waals surface area contributed by atoms with Crippen molar-refractivity contribution in [1.29, 1.82) is 0 Å². The van der Waals surface area contributed by atoms with Crippen LogP contribution in [-0.4, -0.2) is 37.9 Å². The van der Waals surface area contributed by atoms with Gasteiger partial charge < -0.3 is 5.32 Å². The smallest absolute Gasteiger partial charge is 0.230 e. The third kappa shape index (κ3) is 4.29. The van der Waals surface area contributed by atoms with Crippen LogP contribution >= 0.6 is 11.8 Å². The average molecular weight is 305 g/mol. The lowest BCUT2D eigenvalue weighted by Crippen LogP contribution is -2.33. The van der Waals surface area contributed by atoms with E-state index in [1.54, 1.807) is 4.68 Å². The fourth-order valence-corrected chi connectivity index (χ4v) is 2.37. The Morgan fingerprint density at radius 1 is 1.38 bits per heavy atom. The number of nitrogens with zero attached hydrogens (tertiary/aromatic N) is 4. The van der Waals surface area contributed by atoms with Crippen LogP contribution in [-0.2, 0) is 4.79 Å². The molecule has 0 bridgehead atoms. The van der Waals surface area contributed by atoms with Crippen molar-refractivity contribution in [2.24, 2.45) is 0 Å². The molecule has 0 saturated heterocycles.